The van der Waals surface area contributed by atoms with Crippen molar-refractivity contribution in [2.75, 3.05) is 13.1 Å². The number of pyridine rings is 1. The first-order chi connectivity index (χ1) is 8.72. The molecule has 2 aliphatic rings. The van der Waals surface area contributed by atoms with E-state index in [1.165, 1.54) is 0 Å². The molecule has 2 fully saturated rings. The van der Waals surface area contributed by atoms with E-state index in [0.29, 0.717) is 24.2 Å². The van der Waals surface area contributed by atoms with E-state index in [2.05, 4.69) is 4.98 Å². The second kappa shape index (κ2) is 4.59. The zero-order chi connectivity index (χ0) is 12.5. The first-order valence-corrected chi connectivity index (χ1v) is 6.60. The minimum Gasteiger partial charge on any atom is -0.472 e. The summed E-state index contributed by atoms with van der Waals surface area (Å²) in [5.74, 6) is 1.28. The maximum absolute atomic E-state index is 11.9. The van der Waals surface area contributed by atoms with Gasteiger partial charge in [0.1, 0.15) is 6.10 Å². The molecule has 0 N–H and O–H groups in total. The van der Waals surface area contributed by atoms with Crippen molar-refractivity contribution in [1.29, 1.82) is 0 Å². The summed E-state index contributed by atoms with van der Waals surface area (Å²) in [6, 6.07) is 3.88. The zero-order valence-electron chi connectivity index (χ0n) is 10.6. The van der Waals surface area contributed by atoms with Gasteiger partial charge < -0.3 is 9.64 Å². The molecule has 0 aromatic carbocycles. The fourth-order valence-corrected chi connectivity index (χ4v) is 2.31. The number of aromatic nitrogens is 1. The van der Waals surface area contributed by atoms with E-state index in [1.807, 2.05) is 24.0 Å². The van der Waals surface area contributed by atoms with Crippen LogP contribution in [0.3, 0.4) is 0 Å². The minimum atomic E-state index is 0.0999. The molecular formula is C14H18N2O2. The van der Waals surface area contributed by atoms with Gasteiger partial charge in [-0.05, 0) is 25.3 Å². The maximum atomic E-state index is 11.9. The Morgan fingerprint density at radius 3 is 2.89 bits per heavy atom. The summed E-state index contributed by atoms with van der Waals surface area (Å²) < 4.78 is 5.81. The molecule has 4 heteroatoms. The third kappa shape index (κ3) is 2.47. The number of carbonyl (C=O) groups excluding carboxylic acids is 1. The first-order valence-electron chi connectivity index (χ1n) is 6.60. The van der Waals surface area contributed by atoms with E-state index in [4.69, 9.17) is 4.74 Å². The van der Waals surface area contributed by atoms with E-state index in [0.717, 1.165) is 31.4 Å². The molecule has 1 atom stereocenters. The lowest BCUT2D eigenvalue weighted by Crippen LogP contribution is -2.32. The van der Waals surface area contributed by atoms with Crippen molar-refractivity contribution in [2.24, 2.45) is 5.92 Å². The van der Waals surface area contributed by atoms with Gasteiger partial charge in [0.15, 0.2) is 0 Å². The molecule has 96 valence electrons. The van der Waals surface area contributed by atoms with Crippen molar-refractivity contribution in [3.05, 3.63) is 23.9 Å². The van der Waals surface area contributed by atoms with Crippen molar-refractivity contribution in [3.8, 4) is 5.88 Å². The Bertz CT molecular complexity index is 440. The number of amides is 1. The average molecular weight is 246 g/mol. The number of likely N-dealkylation sites (tertiary alicyclic amines) is 1. The molecule has 1 aliphatic heterocycles. The topological polar surface area (TPSA) is 42.4 Å². The lowest BCUT2D eigenvalue weighted by atomic mass is 10.3. The normalized spacial score (nSPS) is 23.2. The Morgan fingerprint density at radius 2 is 2.22 bits per heavy atom. The maximum Gasteiger partial charge on any atom is 0.225 e. The van der Waals surface area contributed by atoms with Gasteiger partial charge >= 0.3 is 0 Å². The molecule has 1 saturated carbocycles. The standard InChI is InChI=1S/C14H18N2O2/c1-10-2-5-13(15-8-10)18-12-6-7-16(9-12)14(17)11-3-4-11/h2,5,8,11-12H,3-4,6-7,9H2,1H3. The summed E-state index contributed by atoms with van der Waals surface area (Å²) in [4.78, 5) is 18.1. The van der Waals surface area contributed by atoms with Crippen molar-refractivity contribution in [1.82, 2.24) is 9.88 Å². The van der Waals surface area contributed by atoms with Crippen molar-refractivity contribution >= 4 is 5.91 Å². The van der Waals surface area contributed by atoms with Crippen LogP contribution in [0.5, 0.6) is 5.88 Å². The van der Waals surface area contributed by atoms with Crippen LogP contribution in [0.1, 0.15) is 24.8 Å². The van der Waals surface area contributed by atoms with Gasteiger partial charge in [0, 0.05) is 31.1 Å². The highest BCUT2D eigenvalue weighted by Crippen LogP contribution is 2.32. The molecule has 0 bridgehead atoms. The molecule has 18 heavy (non-hydrogen) atoms. The highest BCUT2D eigenvalue weighted by molar-refractivity contribution is 5.81. The monoisotopic (exact) mass is 246 g/mol. The van der Waals surface area contributed by atoms with Crippen LogP contribution in [0.2, 0.25) is 0 Å². The summed E-state index contributed by atoms with van der Waals surface area (Å²) >= 11 is 0. The Kier molecular flexibility index (Phi) is 2.94. The predicted molar refractivity (Wildman–Crippen MR) is 67.3 cm³/mol. The molecule has 1 aromatic heterocycles. The highest BCUT2D eigenvalue weighted by Gasteiger charge is 2.37. The summed E-state index contributed by atoms with van der Waals surface area (Å²) in [5, 5.41) is 0. The number of ether oxygens (including phenoxy) is 1. The van der Waals surface area contributed by atoms with E-state index in [9.17, 15) is 4.79 Å². The van der Waals surface area contributed by atoms with Crippen LogP contribution in [0.4, 0.5) is 0 Å². The number of aryl methyl sites for hydroxylation is 1. The molecule has 3 rings (SSSR count). The molecule has 1 aliphatic carbocycles. The van der Waals surface area contributed by atoms with Gasteiger partial charge in [-0.2, -0.15) is 0 Å². The number of carbonyl (C=O) groups is 1. The number of rotatable bonds is 3. The largest absolute Gasteiger partial charge is 0.472 e. The number of hydrogen-bond acceptors (Lipinski definition) is 3. The minimum absolute atomic E-state index is 0.0999. The Hall–Kier alpha value is -1.58. The summed E-state index contributed by atoms with van der Waals surface area (Å²) in [6.45, 7) is 3.54. The molecule has 1 aromatic rings. The average Bonchev–Trinajstić information content (AvgIpc) is 3.12. The van der Waals surface area contributed by atoms with Gasteiger partial charge in [0.2, 0.25) is 11.8 Å². The van der Waals surface area contributed by atoms with Crippen LogP contribution in [-0.4, -0.2) is 35.0 Å². The van der Waals surface area contributed by atoms with Gasteiger partial charge in [0.05, 0.1) is 6.54 Å². The lowest BCUT2D eigenvalue weighted by Gasteiger charge is -2.16. The Morgan fingerprint density at radius 1 is 1.39 bits per heavy atom. The third-order valence-electron chi connectivity index (χ3n) is 3.55. The first kappa shape index (κ1) is 11.5. The quantitative estimate of drug-likeness (QED) is 0.816. The highest BCUT2D eigenvalue weighted by atomic mass is 16.5. The summed E-state index contributed by atoms with van der Waals surface area (Å²) in [7, 11) is 0. The van der Waals surface area contributed by atoms with Crippen LogP contribution in [0, 0.1) is 12.8 Å². The number of nitrogens with zero attached hydrogens (tertiary/aromatic N) is 2. The second-order valence-corrected chi connectivity index (χ2v) is 5.26. The van der Waals surface area contributed by atoms with Crippen molar-refractivity contribution < 1.29 is 9.53 Å². The van der Waals surface area contributed by atoms with Gasteiger partial charge in [-0.3, -0.25) is 4.79 Å². The second-order valence-electron chi connectivity index (χ2n) is 5.26. The van der Waals surface area contributed by atoms with E-state index < -0.39 is 0 Å². The Balaban J connectivity index is 1.55. The fraction of sp³-hybridized carbons (Fsp3) is 0.571. The van der Waals surface area contributed by atoms with Crippen LogP contribution < -0.4 is 4.74 Å². The molecule has 0 spiro atoms. The van der Waals surface area contributed by atoms with Crippen LogP contribution in [0.25, 0.3) is 0 Å². The van der Waals surface area contributed by atoms with Gasteiger partial charge in [-0.15, -0.1) is 0 Å². The molecule has 1 saturated heterocycles. The zero-order valence-corrected chi connectivity index (χ0v) is 10.6. The van der Waals surface area contributed by atoms with Gasteiger partial charge in [-0.25, -0.2) is 4.98 Å². The number of hydrogen-bond donors (Lipinski definition) is 0. The van der Waals surface area contributed by atoms with Gasteiger partial charge in [-0.1, -0.05) is 6.07 Å². The smallest absolute Gasteiger partial charge is 0.225 e. The van der Waals surface area contributed by atoms with Crippen LogP contribution in [0.15, 0.2) is 18.3 Å². The molecule has 0 radical (unpaired) electrons. The fourth-order valence-electron chi connectivity index (χ4n) is 2.31. The van der Waals surface area contributed by atoms with E-state index >= 15 is 0 Å². The van der Waals surface area contributed by atoms with Gasteiger partial charge in [0.25, 0.3) is 0 Å². The van der Waals surface area contributed by atoms with Crippen molar-refractivity contribution in [2.45, 2.75) is 32.3 Å². The van der Waals surface area contributed by atoms with Crippen LogP contribution in [-0.2, 0) is 4.79 Å². The third-order valence-corrected chi connectivity index (χ3v) is 3.55. The Labute approximate surface area is 107 Å². The molecular weight excluding hydrogens is 228 g/mol. The molecule has 1 amide bonds. The van der Waals surface area contributed by atoms with Crippen molar-refractivity contribution in [3.63, 3.8) is 0 Å². The molecule has 2 heterocycles. The van der Waals surface area contributed by atoms with Crippen LogP contribution >= 0.6 is 0 Å². The van der Waals surface area contributed by atoms with E-state index in [-0.39, 0.29) is 6.10 Å². The predicted octanol–water partition coefficient (Wildman–Crippen LogP) is 1.78. The SMILES string of the molecule is Cc1ccc(OC2CCN(C(=O)C3CC3)C2)nc1. The molecule has 1 unspecified atom stereocenters. The lowest BCUT2D eigenvalue weighted by molar-refractivity contribution is -0.131. The molecule has 4 nitrogen and oxygen atoms in total. The summed E-state index contributed by atoms with van der Waals surface area (Å²) in [5.41, 5.74) is 1.12. The summed E-state index contributed by atoms with van der Waals surface area (Å²) in [6.07, 6.45) is 4.95. The van der Waals surface area contributed by atoms with E-state index in [1.54, 1.807) is 6.20 Å².